The maximum Gasteiger partial charge on any atom is 0.149 e. The summed E-state index contributed by atoms with van der Waals surface area (Å²) in [5.41, 5.74) is 4.20. The Balaban J connectivity index is 1.14. The quantitative estimate of drug-likeness (QED) is 0.177. The molecule has 11 heteroatoms. The SMILES string of the molecule is CS(=O)(=O)C[C@@H](NCC1CC1)c1ccc(-c2ccc3ncnc(Nc4ccc5c(cnn5Cc5cccc(F)c5)c4)c3c2)o1. The fraction of sp³-hybridized carbons (Fsp3) is 0.242. The Hall–Kier alpha value is -4.61. The van der Waals surface area contributed by atoms with Crippen LogP contribution in [0.2, 0.25) is 0 Å². The molecule has 0 radical (unpaired) electrons. The van der Waals surface area contributed by atoms with E-state index in [1.54, 1.807) is 12.3 Å². The monoisotopic (exact) mass is 610 g/mol. The van der Waals surface area contributed by atoms with E-state index in [0.717, 1.165) is 45.2 Å². The first-order chi connectivity index (χ1) is 21.3. The van der Waals surface area contributed by atoms with Gasteiger partial charge in [0.1, 0.15) is 39.3 Å². The van der Waals surface area contributed by atoms with Gasteiger partial charge in [-0.05, 0) is 91.5 Å². The molecule has 9 nitrogen and oxygen atoms in total. The van der Waals surface area contributed by atoms with Crippen molar-refractivity contribution in [2.45, 2.75) is 25.4 Å². The summed E-state index contributed by atoms with van der Waals surface area (Å²) in [5.74, 6) is 2.18. The number of benzene rings is 3. The molecule has 0 aliphatic heterocycles. The zero-order valence-corrected chi connectivity index (χ0v) is 24.9. The van der Waals surface area contributed by atoms with Gasteiger partial charge in [-0.25, -0.2) is 22.8 Å². The molecule has 1 atom stereocenters. The molecule has 3 aromatic carbocycles. The second-order valence-corrected chi connectivity index (χ2v) is 13.7. The van der Waals surface area contributed by atoms with Crippen molar-refractivity contribution in [2.24, 2.45) is 5.92 Å². The lowest BCUT2D eigenvalue weighted by Gasteiger charge is -2.15. The fourth-order valence-electron chi connectivity index (χ4n) is 5.42. The average molecular weight is 611 g/mol. The van der Waals surface area contributed by atoms with Gasteiger partial charge in [-0.15, -0.1) is 0 Å². The molecule has 0 amide bonds. The molecule has 3 heterocycles. The van der Waals surface area contributed by atoms with E-state index in [1.807, 2.05) is 59.3 Å². The summed E-state index contributed by atoms with van der Waals surface area (Å²) in [6.45, 7) is 1.24. The topological polar surface area (TPSA) is 115 Å². The molecule has 0 unspecified atom stereocenters. The number of rotatable bonds is 11. The largest absolute Gasteiger partial charge is 0.459 e. The van der Waals surface area contributed by atoms with Gasteiger partial charge in [0.05, 0.1) is 35.6 Å². The zero-order valence-electron chi connectivity index (χ0n) is 24.1. The summed E-state index contributed by atoms with van der Waals surface area (Å²) >= 11 is 0. The lowest BCUT2D eigenvalue weighted by atomic mass is 10.1. The van der Waals surface area contributed by atoms with E-state index in [4.69, 9.17) is 4.42 Å². The number of aromatic nitrogens is 4. The second-order valence-electron chi connectivity index (χ2n) is 11.5. The van der Waals surface area contributed by atoms with E-state index in [2.05, 4.69) is 25.7 Å². The standard InChI is InChI=1S/C33H31FN6O3S/c1-44(41,42)19-29(35-16-21-5-6-21)32-12-11-31(43-32)23-7-9-28-27(15-23)33(37-20-36-28)39-26-8-10-30-24(14-26)17-38-40(30)18-22-3-2-4-25(34)13-22/h2-4,7-15,17,20-21,29,35H,5-6,16,18-19H2,1H3,(H,36,37,39)/t29-/m1/s1. The molecule has 1 fully saturated rings. The van der Waals surface area contributed by atoms with Gasteiger partial charge in [0.2, 0.25) is 0 Å². The number of fused-ring (bicyclic) bond motifs is 2. The third-order valence-electron chi connectivity index (χ3n) is 7.84. The average Bonchev–Trinajstić information content (AvgIpc) is 3.55. The Bertz CT molecular complexity index is 2090. The zero-order chi connectivity index (χ0) is 30.3. The minimum Gasteiger partial charge on any atom is -0.459 e. The van der Waals surface area contributed by atoms with Gasteiger partial charge in [0.25, 0.3) is 0 Å². The lowest BCUT2D eigenvalue weighted by Crippen LogP contribution is -2.29. The summed E-state index contributed by atoms with van der Waals surface area (Å²) in [6.07, 6.45) is 6.90. The highest BCUT2D eigenvalue weighted by molar-refractivity contribution is 7.90. The Morgan fingerprint density at radius 3 is 2.75 bits per heavy atom. The van der Waals surface area contributed by atoms with Crippen molar-refractivity contribution in [2.75, 3.05) is 23.9 Å². The predicted molar refractivity (Wildman–Crippen MR) is 169 cm³/mol. The number of nitrogens with zero attached hydrogens (tertiary/aromatic N) is 4. The van der Waals surface area contributed by atoms with Crippen molar-refractivity contribution in [3.05, 3.63) is 102 Å². The smallest absolute Gasteiger partial charge is 0.149 e. The Morgan fingerprint density at radius 2 is 1.93 bits per heavy atom. The fourth-order valence-corrected chi connectivity index (χ4v) is 6.30. The van der Waals surface area contributed by atoms with Crippen LogP contribution in [0.4, 0.5) is 15.9 Å². The van der Waals surface area contributed by atoms with E-state index in [-0.39, 0.29) is 11.6 Å². The number of furan rings is 1. The summed E-state index contributed by atoms with van der Waals surface area (Å²) in [4.78, 5) is 8.96. The van der Waals surface area contributed by atoms with Crippen LogP contribution in [0.5, 0.6) is 0 Å². The molecule has 0 spiro atoms. The van der Waals surface area contributed by atoms with Crippen LogP contribution >= 0.6 is 0 Å². The lowest BCUT2D eigenvalue weighted by molar-refractivity contribution is 0.431. The molecule has 7 rings (SSSR count). The van der Waals surface area contributed by atoms with Gasteiger partial charge < -0.3 is 15.1 Å². The third kappa shape index (κ3) is 6.34. The highest BCUT2D eigenvalue weighted by Gasteiger charge is 2.26. The molecule has 2 N–H and O–H groups in total. The van der Waals surface area contributed by atoms with Gasteiger partial charge in [-0.1, -0.05) is 12.1 Å². The van der Waals surface area contributed by atoms with Crippen molar-refractivity contribution in [3.8, 4) is 11.3 Å². The van der Waals surface area contributed by atoms with Crippen molar-refractivity contribution in [1.82, 2.24) is 25.1 Å². The van der Waals surface area contributed by atoms with Crippen LogP contribution in [-0.4, -0.2) is 46.7 Å². The van der Waals surface area contributed by atoms with E-state index in [9.17, 15) is 12.8 Å². The van der Waals surface area contributed by atoms with Crippen molar-refractivity contribution >= 4 is 43.1 Å². The molecule has 6 aromatic rings. The van der Waals surface area contributed by atoms with Gasteiger partial charge in [-0.2, -0.15) is 5.10 Å². The molecule has 224 valence electrons. The first kappa shape index (κ1) is 28.2. The van der Waals surface area contributed by atoms with Crippen LogP contribution < -0.4 is 10.6 Å². The predicted octanol–water partition coefficient (Wildman–Crippen LogP) is 6.26. The van der Waals surface area contributed by atoms with Crippen LogP contribution in [0.25, 0.3) is 33.1 Å². The van der Waals surface area contributed by atoms with Crippen molar-refractivity contribution in [1.29, 1.82) is 0 Å². The maximum absolute atomic E-state index is 13.7. The molecule has 1 aliphatic rings. The minimum absolute atomic E-state index is 0.0274. The van der Waals surface area contributed by atoms with Crippen LogP contribution in [-0.2, 0) is 16.4 Å². The molecular formula is C33H31FN6O3S. The highest BCUT2D eigenvalue weighted by Crippen LogP contribution is 2.33. The summed E-state index contributed by atoms with van der Waals surface area (Å²) < 4.78 is 46.0. The molecule has 1 saturated carbocycles. The first-order valence-electron chi connectivity index (χ1n) is 14.5. The Kier molecular flexibility index (Phi) is 7.35. The minimum atomic E-state index is -3.21. The number of anilines is 2. The molecule has 0 bridgehead atoms. The van der Waals surface area contributed by atoms with Crippen molar-refractivity contribution in [3.63, 3.8) is 0 Å². The third-order valence-corrected chi connectivity index (χ3v) is 8.77. The van der Waals surface area contributed by atoms with Gasteiger partial charge in [0.15, 0.2) is 0 Å². The van der Waals surface area contributed by atoms with E-state index < -0.39 is 15.9 Å². The normalized spacial score (nSPS) is 14.3. The van der Waals surface area contributed by atoms with Gasteiger partial charge in [0, 0.05) is 28.3 Å². The highest BCUT2D eigenvalue weighted by atomic mass is 32.2. The van der Waals surface area contributed by atoms with Crippen LogP contribution in [0, 0.1) is 11.7 Å². The molecule has 0 saturated heterocycles. The van der Waals surface area contributed by atoms with E-state index in [1.165, 1.54) is 37.6 Å². The summed E-state index contributed by atoms with van der Waals surface area (Å²) in [6, 6.07) is 21.6. The molecule has 3 aromatic heterocycles. The number of nitrogens with one attached hydrogen (secondary N) is 2. The molecule has 44 heavy (non-hydrogen) atoms. The summed E-state index contributed by atoms with van der Waals surface area (Å²) in [5, 5.41) is 13.1. The molecular weight excluding hydrogens is 579 g/mol. The van der Waals surface area contributed by atoms with E-state index >= 15 is 0 Å². The number of sulfone groups is 1. The summed E-state index contributed by atoms with van der Waals surface area (Å²) in [7, 11) is -3.21. The number of halogens is 1. The Labute approximate surface area is 254 Å². The number of hydrogen-bond acceptors (Lipinski definition) is 8. The molecule has 1 aliphatic carbocycles. The Morgan fingerprint density at radius 1 is 1.05 bits per heavy atom. The van der Waals surface area contributed by atoms with Gasteiger partial charge in [-0.3, -0.25) is 4.68 Å². The van der Waals surface area contributed by atoms with Crippen LogP contribution in [0.1, 0.15) is 30.2 Å². The van der Waals surface area contributed by atoms with Crippen LogP contribution in [0.15, 0.2) is 89.7 Å². The first-order valence-corrected chi connectivity index (χ1v) is 16.6. The van der Waals surface area contributed by atoms with Gasteiger partial charge >= 0.3 is 0 Å². The number of hydrogen-bond donors (Lipinski definition) is 2. The van der Waals surface area contributed by atoms with Crippen LogP contribution in [0.3, 0.4) is 0 Å². The second kappa shape index (κ2) is 11.5. The maximum atomic E-state index is 13.7. The van der Waals surface area contributed by atoms with E-state index in [0.29, 0.717) is 29.8 Å². The van der Waals surface area contributed by atoms with Crippen molar-refractivity contribution < 1.29 is 17.2 Å².